The van der Waals surface area contributed by atoms with Crippen molar-refractivity contribution in [2.45, 2.75) is 26.4 Å². The Morgan fingerprint density at radius 2 is 2.06 bits per heavy atom. The highest BCUT2D eigenvalue weighted by atomic mass is 16.6. The third-order valence-corrected chi connectivity index (χ3v) is 2.35. The fourth-order valence-electron chi connectivity index (χ4n) is 1.34. The quantitative estimate of drug-likeness (QED) is 0.775. The first-order chi connectivity index (χ1) is 8.66. The van der Waals surface area contributed by atoms with E-state index in [1.165, 1.54) is 0 Å². The SMILES string of the molecule is CC(C)c1noc(C(=O)OCc2ccccc2)n1. The van der Waals surface area contributed by atoms with Crippen LogP contribution in [0.5, 0.6) is 0 Å². The van der Waals surface area contributed by atoms with Crippen LogP contribution in [-0.4, -0.2) is 16.1 Å². The number of hydrogen-bond acceptors (Lipinski definition) is 5. The highest BCUT2D eigenvalue weighted by Gasteiger charge is 2.18. The molecule has 0 bridgehead atoms. The van der Waals surface area contributed by atoms with Crippen molar-refractivity contribution >= 4 is 5.97 Å². The van der Waals surface area contributed by atoms with Crippen molar-refractivity contribution in [3.63, 3.8) is 0 Å². The van der Waals surface area contributed by atoms with Crippen molar-refractivity contribution in [2.24, 2.45) is 0 Å². The molecule has 0 aliphatic rings. The number of nitrogens with zero attached hydrogens (tertiary/aromatic N) is 2. The van der Waals surface area contributed by atoms with Crippen LogP contribution >= 0.6 is 0 Å². The zero-order chi connectivity index (χ0) is 13.0. The predicted molar refractivity (Wildman–Crippen MR) is 63.9 cm³/mol. The Morgan fingerprint density at radius 3 is 2.67 bits per heavy atom. The van der Waals surface area contributed by atoms with Gasteiger partial charge in [0.25, 0.3) is 0 Å². The van der Waals surface area contributed by atoms with E-state index in [0.29, 0.717) is 5.82 Å². The molecule has 2 aromatic rings. The predicted octanol–water partition coefficient (Wildman–Crippen LogP) is 2.55. The second-order valence-electron chi connectivity index (χ2n) is 4.17. The van der Waals surface area contributed by atoms with E-state index >= 15 is 0 Å². The van der Waals surface area contributed by atoms with Crippen molar-refractivity contribution in [1.82, 2.24) is 10.1 Å². The number of benzene rings is 1. The lowest BCUT2D eigenvalue weighted by atomic mass is 10.2. The van der Waals surface area contributed by atoms with Gasteiger partial charge in [0.1, 0.15) is 6.61 Å². The third kappa shape index (κ3) is 2.94. The number of carbonyl (C=O) groups excluding carboxylic acids is 1. The van der Waals surface area contributed by atoms with Gasteiger partial charge < -0.3 is 9.26 Å². The molecule has 0 amide bonds. The van der Waals surface area contributed by atoms with Crippen LogP contribution in [-0.2, 0) is 11.3 Å². The molecule has 0 saturated heterocycles. The summed E-state index contributed by atoms with van der Waals surface area (Å²) in [5.74, 6) is -0.0843. The molecule has 0 atom stereocenters. The number of ether oxygens (including phenoxy) is 1. The second kappa shape index (κ2) is 5.44. The number of aromatic nitrogens is 2. The van der Waals surface area contributed by atoms with Crippen LogP contribution in [0.4, 0.5) is 0 Å². The smallest absolute Gasteiger partial charge is 0.397 e. The molecule has 0 aliphatic heterocycles. The molecule has 0 saturated carbocycles. The number of esters is 1. The molecule has 1 aromatic heterocycles. The Balaban J connectivity index is 1.95. The minimum Gasteiger partial charge on any atom is -0.454 e. The van der Waals surface area contributed by atoms with E-state index in [0.717, 1.165) is 5.56 Å². The fourth-order valence-corrected chi connectivity index (χ4v) is 1.34. The number of rotatable bonds is 4. The van der Waals surface area contributed by atoms with E-state index in [1.807, 2.05) is 44.2 Å². The summed E-state index contributed by atoms with van der Waals surface area (Å²) in [6.07, 6.45) is 0. The second-order valence-corrected chi connectivity index (χ2v) is 4.17. The summed E-state index contributed by atoms with van der Waals surface area (Å²) in [6.45, 7) is 4.03. The lowest BCUT2D eigenvalue weighted by Gasteiger charge is -2.01. The van der Waals surface area contributed by atoms with Gasteiger partial charge in [-0.3, -0.25) is 0 Å². The molecule has 5 heteroatoms. The molecule has 18 heavy (non-hydrogen) atoms. The summed E-state index contributed by atoms with van der Waals surface area (Å²) >= 11 is 0. The summed E-state index contributed by atoms with van der Waals surface area (Å²) in [5.41, 5.74) is 0.912. The van der Waals surface area contributed by atoms with Crippen LogP contribution in [0.2, 0.25) is 0 Å². The Kier molecular flexibility index (Phi) is 3.72. The standard InChI is InChI=1S/C13H14N2O3/c1-9(2)11-14-12(18-15-11)13(16)17-8-10-6-4-3-5-7-10/h3-7,9H,8H2,1-2H3. The first-order valence-corrected chi connectivity index (χ1v) is 5.71. The lowest BCUT2D eigenvalue weighted by Crippen LogP contribution is -2.06. The molecule has 2 rings (SSSR count). The zero-order valence-corrected chi connectivity index (χ0v) is 10.3. The van der Waals surface area contributed by atoms with Gasteiger partial charge in [0.2, 0.25) is 0 Å². The highest BCUT2D eigenvalue weighted by molar-refractivity contribution is 5.83. The van der Waals surface area contributed by atoms with E-state index in [2.05, 4.69) is 10.1 Å². The molecule has 94 valence electrons. The fraction of sp³-hybridized carbons (Fsp3) is 0.308. The molecule has 0 aliphatic carbocycles. The van der Waals surface area contributed by atoms with Gasteiger partial charge in [0.05, 0.1) is 0 Å². The molecule has 0 fully saturated rings. The maximum Gasteiger partial charge on any atom is 0.397 e. The molecule has 0 spiro atoms. The first kappa shape index (κ1) is 12.3. The molecule has 5 nitrogen and oxygen atoms in total. The van der Waals surface area contributed by atoms with Gasteiger partial charge in [-0.1, -0.05) is 49.3 Å². The highest BCUT2D eigenvalue weighted by Crippen LogP contribution is 2.11. The Hall–Kier alpha value is -2.17. The van der Waals surface area contributed by atoms with Crippen LogP contribution in [0.25, 0.3) is 0 Å². The summed E-state index contributed by atoms with van der Waals surface area (Å²) in [5, 5.41) is 3.70. The van der Waals surface area contributed by atoms with E-state index in [-0.39, 0.29) is 18.4 Å². The van der Waals surface area contributed by atoms with Crippen LogP contribution in [0, 0.1) is 0 Å². The van der Waals surface area contributed by atoms with E-state index in [1.54, 1.807) is 0 Å². The van der Waals surface area contributed by atoms with Gasteiger partial charge in [-0.25, -0.2) is 4.79 Å². The first-order valence-electron chi connectivity index (χ1n) is 5.71. The van der Waals surface area contributed by atoms with Crippen molar-refractivity contribution in [2.75, 3.05) is 0 Å². The van der Waals surface area contributed by atoms with Crippen LogP contribution < -0.4 is 0 Å². The third-order valence-electron chi connectivity index (χ3n) is 2.35. The van der Waals surface area contributed by atoms with Gasteiger partial charge in [-0.05, 0) is 5.56 Å². The van der Waals surface area contributed by atoms with E-state index < -0.39 is 5.97 Å². The summed E-state index contributed by atoms with van der Waals surface area (Å²) in [7, 11) is 0. The minimum atomic E-state index is -0.599. The van der Waals surface area contributed by atoms with Crippen molar-refractivity contribution in [3.05, 3.63) is 47.6 Å². The normalized spacial score (nSPS) is 10.6. The maximum absolute atomic E-state index is 11.6. The average molecular weight is 246 g/mol. The van der Waals surface area contributed by atoms with Crippen molar-refractivity contribution < 1.29 is 14.1 Å². The van der Waals surface area contributed by atoms with Gasteiger partial charge in [-0.2, -0.15) is 4.98 Å². The molecule has 1 aromatic carbocycles. The van der Waals surface area contributed by atoms with Crippen LogP contribution in [0.15, 0.2) is 34.9 Å². The summed E-state index contributed by atoms with van der Waals surface area (Å²) < 4.78 is 9.91. The van der Waals surface area contributed by atoms with Gasteiger partial charge >= 0.3 is 11.9 Å². The molecule has 0 radical (unpaired) electrons. The lowest BCUT2D eigenvalue weighted by molar-refractivity contribution is 0.0416. The molecular weight excluding hydrogens is 232 g/mol. The minimum absolute atomic E-state index is 0.102. The number of hydrogen-bond donors (Lipinski definition) is 0. The largest absolute Gasteiger partial charge is 0.454 e. The maximum atomic E-state index is 11.6. The average Bonchev–Trinajstić information content (AvgIpc) is 2.87. The topological polar surface area (TPSA) is 65.2 Å². The Bertz CT molecular complexity index is 520. The van der Waals surface area contributed by atoms with E-state index in [4.69, 9.17) is 9.26 Å². The van der Waals surface area contributed by atoms with Gasteiger partial charge in [-0.15, -0.1) is 0 Å². The molecule has 0 unspecified atom stereocenters. The van der Waals surface area contributed by atoms with Crippen molar-refractivity contribution in [1.29, 1.82) is 0 Å². The molecular formula is C13H14N2O3. The van der Waals surface area contributed by atoms with Crippen LogP contribution in [0.1, 0.15) is 41.8 Å². The summed E-state index contributed by atoms with van der Waals surface area (Å²) in [6, 6.07) is 9.42. The number of carbonyl (C=O) groups is 1. The van der Waals surface area contributed by atoms with Gasteiger partial charge in [0, 0.05) is 5.92 Å². The molecule has 0 N–H and O–H groups in total. The Labute approximate surface area is 105 Å². The summed E-state index contributed by atoms with van der Waals surface area (Å²) in [4.78, 5) is 15.6. The molecule has 1 heterocycles. The van der Waals surface area contributed by atoms with Crippen LogP contribution in [0.3, 0.4) is 0 Å². The van der Waals surface area contributed by atoms with E-state index in [9.17, 15) is 4.79 Å². The monoisotopic (exact) mass is 246 g/mol. The van der Waals surface area contributed by atoms with Gasteiger partial charge in [0.15, 0.2) is 5.82 Å². The van der Waals surface area contributed by atoms with Crippen molar-refractivity contribution in [3.8, 4) is 0 Å². The zero-order valence-electron chi connectivity index (χ0n) is 10.3. The Morgan fingerprint density at radius 1 is 1.33 bits per heavy atom.